The molecule has 0 spiro atoms. The smallest absolute Gasteiger partial charge is 0.269 e. The Labute approximate surface area is 164 Å². The molecule has 0 aliphatic rings. The first-order chi connectivity index (χ1) is 13.5. The van der Waals surface area contributed by atoms with E-state index in [0.717, 1.165) is 22.4 Å². The molecule has 5 heteroatoms. The van der Waals surface area contributed by atoms with E-state index in [1.54, 1.807) is 18.3 Å². The van der Waals surface area contributed by atoms with Crippen molar-refractivity contribution in [3.05, 3.63) is 99.6 Å². The predicted molar refractivity (Wildman–Crippen MR) is 116 cm³/mol. The van der Waals surface area contributed by atoms with Crippen molar-refractivity contribution in [2.24, 2.45) is 4.99 Å². The quantitative estimate of drug-likeness (QED) is 0.246. The molecule has 0 aliphatic heterocycles. The summed E-state index contributed by atoms with van der Waals surface area (Å²) in [5.74, 6) is 0. The van der Waals surface area contributed by atoms with E-state index < -0.39 is 4.92 Å². The van der Waals surface area contributed by atoms with Gasteiger partial charge in [0.2, 0.25) is 0 Å². The highest BCUT2D eigenvalue weighted by molar-refractivity contribution is 5.82. The Morgan fingerprint density at radius 1 is 0.786 bits per heavy atom. The van der Waals surface area contributed by atoms with E-state index in [-0.39, 0.29) is 5.69 Å². The van der Waals surface area contributed by atoms with Crippen molar-refractivity contribution in [3.8, 4) is 0 Å². The lowest BCUT2D eigenvalue weighted by Gasteiger charge is -2.11. The summed E-state index contributed by atoms with van der Waals surface area (Å²) in [6.07, 6.45) is 5.84. The number of nitro groups is 1. The number of non-ortho nitro benzene ring substituents is 1. The molecule has 3 rings (SSSR count). The molecule has 0 N–H and O–H groups in total. The molecule has 3 aromatic rings. The minimum atomic E-state index is -0.413. The number of rotatable bonds is 6. The first-order valence-corrected chi connectivity index (χ1v) is 8.85. The van der Waals surface area contributed by atoms with E-state index in [4.69, 9.17) is 0 Å². The molecule has 3 aromatic carbocycles. The molecule has 28 heavy (non-hydrogen) atoms. The number of nitrogens with zero attached hydrogens (tertiary/aromatic N) is 3. The zero-order valence-corrected chi connectivity index (χ0v) is 15.8. The van der Waals surface area contributed by atoms with Crippen LogP contribution in [-0.2, 0) is 0 Å². The molecule has 5 nitrogen and oxygen atoms in total. The SMILES string of the molecule is CN(C)c1ccc(C=Cc2ccc(N=Cc3ccc([N+](=O)[O-])cc3)cc2)cc1. The lowest BCUT2D eigenvalue weighted by molar-refractivity contribution is -0.384. The Morgan fingerprint density at radius 3 is 1.79 bits per heavy atom. The largest absolute Gasteiger partial charge is 0.378 e. The Bertz CT molecular complexity index is 988. The van der Waals surface area contributed by atoms with Crippen molar-refractivity contribution in [1.82, 2.24) is 0 Å². The predicted octanol–water partition coefficient (Wildman–Crippen LogP) is 5.58. The van der Waals surface area contributed by atoms with Gasteiger partial charge >= 0.3 is 0 Å². The van der Waals surface area contributed by atoms with Gasteiger partial charge in [-0.2, -0.15) is 0 Å². The third kappa shape index (κ3) is 5.14. The minimum absolute atomic E-state index is 0.0737. The topological polar surface area (TPSA) is 58.7 Å². The number of benzene rings is 3. The number of nitro benzene ring substituents is 1. The number of aliphatic imine (C=N–C) groups is 1. The Morgan fingerprint density at radius 2 is 1.29 bits per heavy atom. The first-order valence-electron chi connectivity index (χ1n) is 8.85. The maximum absolute atomic E-state index is 10.7. The molecule has 0 bridgehead atoms. The maximum Gasteiger partial charge on any atom is 0.269 e. The lowest BCUT2D eigenvalue weighted by Crippen LogP contribution is -2.07. The van der Waals surface area contributed by atoms with E-state index in [2.05, 4.69) is 46.3 Å². The van der Waals surface area contributed by atoms with E-state index in [1.807, 2.05) is 38.4 Å². The highest BCUT2D eigenvalue weighted by atomic mass is 16.6. The molecule has 0 radical (unpaired) electrons. The summed E-state index contributed by atoms with van der Waals surface area (Å²) >= 11 is 0. The van der Waals surface area contributed by atoms with Crippen LogP contribution in [0, 0.1) is 10.1 Å². The molecule has 0 amide bonds. The molecular weight excluding hydrogens is 350 g/mol. The van der Waals surface area contributed by atoms with E-state index in [0.29, 0.717) is 0 Å². The molecule has 0 aliphatic carbocycles. The van der Waals surface area contributed by atoms with Crippen molar-refractivity contribution in [1.29, 1.82) is 0 Å². The highest BCUT2D eigenvalue weighted by Crippen LogP contribution is 2.18. The Hall–Kier alpha value is -3.73. The van der Waals surface area contributed by atoms with Gasteiger partial charge in [0, 0.05) is 38.1 Å². The average Bonchev–Trinajstić information content (AvgIpc) is 2.72. The summed E-state index contributed by atoms with van der Waals surface area (Å²) in [5.41, 5.74) is 5.12. The lowest BCUT2D eigenvalue weighted by atomic mass is 10.1. The van der Waals surface area contributed by atoms with Gasteiger partial charge in [-0.25, -0.2) is 0 Å². The third-order valence-electron chi connectivity index (χ3n) is 4.24. The van der Waals surface area contributed by atoms with Gasteiger partial charge in [-0.3, -0.25) is 15.1 Å². The summed E-state index contributed by atoms with van der Waals surface area (Å²) in [7, 11) is 4.05. The minimum Gasteiger partial charge on any atom is -0.378 e. The zero-order valence-electron chi connectivity index (χ0n) is 15.8. The van der Waals surface area contributed by atoms with Crippen LogP contribution < -0.4 is 4.90 Å². The maximum atomic E-state index is 10.7. The second-order valence-electron chi connectivity index (χ2n) is 6.52. The Balaban J connectivity index is 1.63. The van der Waals surface area contributed by atoms with Crippen molar-refractivity contribution in [2.45, 2.75) is 0 Å². The fourth-order valence-electron chi connectivity index (χ4n) is 2.58. The second kappa shape index (κ2) is 8.77. The van der Waals surface area contributed by atoms with Gasteiger partial charge in [-0.15, -0.1) is 0 Å². The van der Waals surface area contributed by atoms with E-state index >= 15 is 0 Å². The molecule has 0 aromatic heterocycles. The van der Waals surface area contributed by atoms with Crippen LogP contribution in [0.15, 0.2) is 77.8 Å². The fraction of sp³-hybridized carbons (Fsp3) is 0.0870. The second-order valence-corrected chi connectivity index (χ2v) is 6.52. The summed E-state index contributed by atoms with van der Waals surface area (Å²) in [5, 5.41) is 10.7. The number of hydrogen-bond donors (Lipinski definition) is 0. The molecule has 0 fully saturated rings. The zero-order chi connectivity index (χ0) is 19.9. The van der Waals surface area contributed by atoms with Crippen LogP contribution >= 0.6 is 0 Å². The molecule has 0 saturated carbocycles. The van der Waals surface area contributed by atoms with Gasteiger partial charge in [-0.1, -0.05) is 36.4 Å². The summed E-state index contributed by atoms with van der Waals surface area (Å²) in [6, 6.07) is 22.6. The van der Waals surface area contributed by atoms with Crippen LogP contribution in [-0.4, -0.2) is 25.2 Å². The molecule has 0 unspecified atom stereocenters. The van der Waals surface area contributed by atoms with Crippen LogP contribution in [0.5, 0.6) is 0 Å². The standard InChI is InChI=1S/C23H21N3O2/c1-25(2)22-13-7-19(8-14-22)4-3-18-5-11-21(12-6-18)24-17-20-9-15-23(16-10-20)26(27)28/h3-17H,1-2H3. The third-order valence-corrected chi connectivity index (χ3v) is 4.24. The monoisotopic (exact) mass is 371 g/mol. The summed E-state index contributed by atoms with van der Waals surface area (Å²) in [4.78, 5) is 16.7. The molecular formula is C23H21N3O2. The van der Waals surface area contributed by atoms with Crippen molar-refractivity contribution < 1.29 is 4.92 Å². The summed E-state index contributed by atoms with van der Waals surface area (Å²) < 4.78 is 0. The van der Waals surface area contributed by atoms with Crippen LogP contribution in [0.3, 0.4) is 0 Å². The molecule has 140 valence electrons. The van der Waals surface area contributed by atoms with Gasteiger partial charge in [0.15, 0.2) is 0 Å². The van der Waals surface area contributed by atoms with Gasteiger partial charge in [0.1, 0.15) is 0 Å². The van der Waals surface area contributed by atoms with Crippen LogP contribution in [0.25, 0.3) is 12.2 Å². The first kappa shape index (κ1) is 19.0. The van der Waals surface area contributed by atoms with E-state index in [1.165, 1.54) is 17.8 Å². The van der Waals surface area contributed by atoms with Crippen molar-refractivity contribution in [2.75, 3.05) is 19.0 Å². The highest BCUT2D eigenvalue weighted by Gasteiger charge is 2.02. The van der Waals surface area contributed by atoms with Crippen LogP contribution in [0.4, 0.5) is 17.1 Å². The van der Waals surface area contributed by atoms with Gasteiger partial charge in [0.05, 0.1) is 10.6 Å². The van der Waals surface area contributed by atoms with Gasteiger partial charge in [0.25, 0.3) is 5.69 Å². The van der Waals surface area contributed by atoms with Crippen molar-refractivity contribution in [3.63, 3.8) is 0 Å². The van der Waals surface area contributed by atoms with Gasteiger partial charge in [-0.05, 0) is 53.1 Å². The Kier molecular flexibility index (Phi) is 5.97. The molecule has 0 atom stereocenters. The fourth-order valence-corrected chi connectivity index (χ4v) is 2.58. The van der Waals surface area contributed by atoms with Crippen LogP contribution in [0.1, 0.15) is 16.7 Å². The number of anilines is 1. The van der Waals surface area contributed by atoms with E-state index in [9.17, 15) is 10.1 Å². The van der Waals surface area contributed by atoms with Gasteiger partial charge < -0.3 is 4.90 Å². The normalized spacial score (nSPS) is 11.2. The molecule has 0 saturated heterocycles. The average molecular weight is 371 g/mol. The van der Waals surface area contributed by atoms with Crippen LogP contribution in [0.2, 0.25) is 0 Å². The summed E-state index contributed by atoms with van der Waals surface area (Å²) in [6.45, 7) is 0. The number of hydrogen-bond acceptors (Lipinski definition) is 4. The van der Waals surface area contributed by atoms with Crippen molar-refractivity contribution >= 4 is 35.4 Å². The molecule has 0 heterocycles.